The molecule has 1 heterocycles. The molecule has 0 saturated carbocycles. The monoisotopic (exact) mass is 296 g/mol. The van der Waals surface area contributed by atoms with Gasteiger partial charge >= 0.3 is 0 Å². The lowest BCUT2D eigenvalue weighted by Gasteiger charge is -2.33. The largest absolute Gasteiger partial charge is 0.317 e. The average molecular weight is 297 g/mol. The zero-order valence-corrected chi connectivity index (χ0v) is 14.8. The van der Waals surface area contributed by atoms with E-state index >= 15 is 0 Å². The maximum atomic E-state index is 3.48. The molecule has 0 aliphatic carbocycles. The van der Waals surface area contributed by atoms with E-state index in [0.717, 1.165) is 6.04 Å². The molecule has 1 fully saturated rings. The van der Waals surface area contributed by atoms with Crippen molar-refractivity contribution in [2.75, 3.05) is 26.2 Å². The van der Waals surface area contributed by atoms with E-state index in [0.29, 0.717) is 0 Å². The number of hydrogen-bond acceptors (Lipinski definition) is 2. The zero-order valence-electron chi connectivity index (χ0n) is 14.8. The van der Waals surface area contributed by atoms with Gasteiger partial charge in [0.1, 0.15) is 0 Å². The topological polar surface area (TPSA) is 15.3 Å². The van der Waals surface area contributed by atoms with Gasteiger partial charge in [0.25, 0.3) is 0 Å². The maximum absolute atomic E-state index is 3.48. The van der Waals surface area contributed by atoms with Gasteiger partial charge in [-0.25, -0.2) is 0 Å². The van der Waals surface area contributed by atoms with Crippen LogP contribution >= 0.6 is 0 Å². The summed E-state index contributed by atoms with van der Waals surface area (Å²) in [5, 5.41) is 3.48. The van der Waals surface area contributed by atoms with Crippen molar-refractivity contribution in [3.63, 3.8) is 0 Å². The number of hydrogen-bond donors (Lipinski definition) is 1. The van der Waals surface area contributed by atoms with Crippen LogP contribution in [-0.2, 0) is 0 Å². The van der Waals surface area contributed by atoms with Crippen LogP contribution < -0.4 is 5.32 Å². The summed E-state index contributed by atoms with van der Waals surface area (Å²) in [5.41, 5.74) is 0. The summed E-state index contributed by atoms with van der Waals surface area (Å²) in [5.74, 6) is 0. The fraction of sp³-hybridized carbons (Fsp3) is 1.00. The number of nitrogens with one attached hydrogen (secondary N) is 1. The third-order valence-electron chi connectivity index (χ3n) is 5.03. The van der Waals surface area contributed by atoms with Gasteiger partial charge in [-0.2, -0.15) is 0 Å². The van der Waals surface area contributed by atoms with Gasteiger partial charge in [0.05, 0.1) is 0 Å². The van der Waals surface area contributed by atoms with Crippen LogP contribution in [-0.4, -0.2) is 37.1 Å². The van der Waals surface area contributed by atoms with Crippen LogP contribution in [0.15, 0.2) is 0 Å². The van der Waals surface area contributed by atoms with Gasteiger partial charge in [0.15, 0.2) is 0 Å². The number of piperidine rings is 1. The molecule has 1 N–H and O–H groups in total. The third-order valence-corrected chi connectivity index (χ3v) is 5.03. The second-order valence-corrected chi connectivity index (χ2v) is 6.79. The molecule has 0 atom stereocenters. The predicted octanol–water partition coefficient (Wildman–Crippen LogP) is 4.98. The maximum Gasteiger partial charge on any atom is 0.0119 e. The van der Waals surface area contributed by atoms with Crippen LogP contribution in [0, 0.1) is 0 Å². The summed E-state index contributed by atoms with van der Waals surface area (Å²) in [7, 11) is 0. The highest BCUT2D eigenvalue weighted by Crippen LogP contribution is 2.14. The first-order valence-corrected chi connectivity index (χ1v) is 9.83. The molecule has 0 aromatic heterocycles. The Hall–Kier alpha value is -0.0800. The Morgan fingerprint density at radius 1 is 0.762 bits per heavy atom. The molecule has 0 spiro atoms. The molecule has 0 unspecified atom stereocenters. The molecule has 126 valence electrons. The number of unbranched alkanes of at least 4 members (excludes halogenated alkanes) is 9. The van der Waals surface area contributed by atoms with Crippen LogP contribution in [0.2, 0.25) is 0 Å². The van der Waals surface area contributed by atoms with Crippen LogP contribution in [0.1, 0.15) is 90.9 Å². The molecular formula is C19H40N2. The molecule has 21 heavy (non-hydrogen) atoms. The van der Waals surface area contributed by atoms with E-state index in [4.69, 9.17) is 0 Å². The smallest absolute Gasteiger partial charge is 0.0119 e. The fourth-order valence-electron chi connectivity index (χ4n) is 3.57. The Labute approximate surface area is 134 Å². The highest BCUT2D eigenvalue weighted by Gasteiger charge is 2.18. The Morgan fingerprint density at radius 3 is 1.81 bits per heavy atom. The van der Waals surface area contributed by atoms with Crippen LogP contribution in [0.5, 0.6) is 0 Å². The van der Waals surface area contributed by atoms with Gasteiger partial charge in [-0.05, 0) is 45.4 Å². The number of nitrogens with zero attached hydrogens (tertiary/aromatic N) is 1. The molecular weight excluding hydrogens is 256 g/mol. The second-order valence-electron chi connectivity index (χ2n) is 6.79. The van der Waals surface area contributed by atoms with Crippen molar-refractivity contribution in [1.29, 1.82) is 0 Å². The van der Waals surface area contributed by atoms with Crippen molar-refractivity contribution in [1.82, 2.24) is 10.2 Å². The first kappa shape index (κ1) is 19.0. The fourth-order valence-corrected chi connectivity index (χ4v) is 3.57. The van der Waals surface area contributed by atoms with Crippen molar-refractivity contribution in [2.45, 2.75) is 96.9 Å². The zero-order chi connectivity index (χ0) is 15.2. The van der Waals surface area contributed by atoms with Gasteiger partial charge in [0.2, 0.25) is 0 Å². The summed E-state index contributed by atoms with van der Waals surface area (Å²) in [6, 6.07) is 0.856. The molecule has 1 aliphatic rings. The minimum Gasteiger partial charge on any atom is -0.317 e. The van der Waals surface area contributed by atoms with Crippen molar-refractivity contribution < 1.29 is 0 Å². The number of rotatable bonds is 13. The van der Waals surface area contributed by atoms with Crippen molar-refractivity contribution in [3.8, 4) is 0 Å². The van der Waals surface area contributed by atoms with E-state index in [2.05, 4.69) is 24.1 Å². The summed E-state index contributed by atoms with van der Waals surface area (Å²) < 4.78 is 0. The summed E-state index contributed by atoms with van der Waals surface area (Å²) in [4.78, 5) is 2.73. The molecule has 2 nitrogen and oxygen atoms in total. The quantitative estimate of drug-likeness (QED) is 0.482. The molecule has 1 aliphatic heterocycles. The Bertz CT molecular complexity index is 212. The lowest BCUT2D eigenvalue weighted by atomic mass is 10.0. The molecule has 2 heteroatoms. The van der Waals surface area contributed by atoms with Gasteiger partial charge < -0.3 is 10.2 Å². The molecule has 1 rings (SSSR count). The SMILES string of the molecule is CCCCCCCCCCCCN(CC)C1CCNCC1. The highest BCUT2D eigenvalue weighted by molar-refractivity contribution is 4.77. The minimum absolute atomic E-state index is 0.856. The van der Waals surface area contributed by atoms with E-state index in [1.165, 1.54) is 103 Å². The van der Waals surface area contributed by atoms with Crippen LogP contribution in [0.3, 0.4) is 0 Å². The Balaban J connectivity index is 1.90. The van der Waals surface area contributed by atoms with Gasteiger partial charge in [0, 0.05) is 6.04 Å². The Morgan fingerprint density at radius 2 is 1.29 bits per heavy atom. The predicted molar refractivity (Wildman–Crippen MR) is 95.0 cm³/mol. The molecule has 0 bridgehead atoms. The minimum atomic E-state index is 0.856. The van der Waals surface area contributed by atoms with E-state index in [9.17, 15) is 0 Å². The van der Waals surface area contributed by atoms with Crippen molar-refractivity contribution in [3.05, 3.63) is 0 Å². The standard InChI is InChI=1S/C19H40N2/c1-3-5-6-7-8-9-10-11-12-13-18-21(4-2)19-14-16-20-17-15-19/h19-20H,3-18H2,1-2H3. The third kappa shape index (κ3) is 9.52. The van der Waals surface area contributed by atoms with Gasteiger partial charge in [-0.15, -0.1) is 0 Å². The lowest BCUT2D eigenvalue weighted by Crippen LogP contribution is -2.43. The van der Waals surface area contributed by atoms with Gasteiger partial charge in [-0.1, -0.05) is 71.6 Å². The van der Waals surface area contributed by atoms with E-state index < -0.39 is 0 Å². The van der Waals surface area contributed by atoms with E-state index in [1.54, 1.807) is 0 Å². The molecule has 0 radical (unpaired) electrons. The van der Waals surface area contributed by atoms with Crippen LogP contribution in [0.4, 0.5) is 0 Å². The molecule has 0 amide bonds. The summed E-state index contributed by atoms with van der Waals surface area (Å²) in [6.45, 7) is 9.64. The summed E-state index contributed by atoms with van der Waals surface area (Å²) in [6.07, 6.45) is 17.1. The van der Waals surface area contributed by atoms with Crippen molar-refractivity contribution in [2.24, 2.45) is 0 Å². The van der Waals surface area contributed by atoms with E-state index in [1.807, 2.05) is 0 Å². The van der Waals surface area contributed by atoms with Crippen LogP contribution in [0.25, 0.3) is 0 Å². The normalized spacial score (nSPS) is 16.7. The molecule has 0 aromatic carbocycles. The molecule has 0 aromatic rings. The summed E-state index contributed by atoms with van der Waals surface area (Å²) >= 11 is 0. The van der Waals surface area contributed by atoms with Gasteiger partial charge in [-0.3, -0.25) is 0 Å². The Kier molecular flexibility index (Phi) is 12.3. The van der Waals surface area contributed by atoms with E-state index in [-0.39, 0.29) is 0 Å². The second kappa shape index (κ2) is 13.6. The van der Waals surface area contributed by atoms with Crippen molar-refractivity contribution >= 4 is 0 Å². The first-order valence-electron chi connectivity index (χ1n) is 9.83. The first-order chi connectivity index (χ1) is 10.4. The lowest BCUT2D eigenvalue weighted by molar-refractivity contribution is 0.167. The molecule has 1 saturated heterocycles. The highest BCUT2D eigenvalue weighted by atomic mass is 15.2. The average Bonchev–Trinajstić information content (AvgIpc) is 2.54.